The van der Waals surface area contributed by atoms with E-state index in [0.29, 0.717) is 16.9 Å². The van der Waals surface area contributed by atoms with Crippen LogP contribution in [-0.2, 0) is 6.54 Å². The molecule has 0 atom stereocenters. The highest BCUT2D eigenvalue weighted by Gasteiger charge is 2.41. The summed E-state index contributed by atoms with van der Waals surface area (Å²) in [5.74, 6) is -0.964. The van der Waals surface area contributed by atoms with E-state index in [1.54, 1.807) is 6.07 Å². The van der Waals surface area contributed by atoms with Crippen molar-refractivity contribution in [1.82, 2.24) is 5.32 Å². The molecule has 0 bridgehead atoms. The number of nitrogens with one attached hydrogen (secondary N) is 1. The normalized spacial score (nSPS) is 17.3. The van der Waals surface area contributed by atoms with Crippen LogP contribution in [0.3, 0.4) is 0 Å². The van der Waals surface area contributed by atoms with Crippen LogP contribution in [0.5, 0.6) is 0 Å². The van der Waals surface area contributed by atoms with Gasteiger partial charge in [-0.15, -0.1) is 0 Å². The Morgan fingerprint density at radius 2 is 2.44 bits per heavy atom. The van der Waals surface area contributed by atoms with Gasteiger partial charge in [0, 0.05) is 23.4 Å². The van der Waals surface area contributed by atoms with Crippen molar-refractivity contribution in [3.05, 3.63) is 23.7 Å². The van der Waals surface area contributed by atoms with Crippen LogP contribution in [0.2, 0.25) is 0 Å². The average molecular weight is 241 g/mol. The lowest BCUT2D eigenvalue weighted by atomic mass is 10.2. The van der Waals surface area contributed by atoms with Gasteiger partial charge < -0.3 is 14.8 Å². The van der Waals surface area contributed by atoms with Crippen LogP contribution < -0.4 is 5.32 Å². The summed E-state index contributed by atoms with van der Waals surface area (Å²) in [7, 11) is 0. The van der Waals surface area contributed by atoms with Crippen molar-refractivity contribution in [3.8, 4) is 0 Å². The molecule has 1 heterocycles. The largest absolute Gasteiger partial charge is 0.475 e. The molecule has 2 rings (SSSR count). The van der Waals surface area contributed by atoms with Gasteiger partial charge >= 0.3 is 5.97 Å². The smallest absolute Gasteiger partial charge is 0.372 e. The number of carboxylic acids is 1. The topological polar surface area (TPSA) is 62.5 Å². The molecule has 0 unspecified atom stereocenters. The molecule has 0 radical (unpaired) electrons. The molecule has 16 heavy (non-hydrogen) atoms. The first-order chi connectivity index (χ1) is 7.67. The summed E-state index contributed by atoms with van der Waals surface area (Å²) in [6, 6.07) is 1.70. The van der Waals surface area contributed by atoms with E-state index in [-0.39, 0.29) is 5.76 Å². The van der Waals surface area contributed by atoms with Crippen LogP contribution in [0.25, 0.3) is 0 Å². The fourth-order valence-corrected chi connectivity index (χ4v) is 2.44. The second kappa shape index (κ2) is 4.51. The maximum absolute atomic E-state index is 10.8. The average Bonchev–Trinajstić information content (AvgIpc) is 2.88. The minimum Gasteiger partial charge on any atom is -0.475 e. The monoisotopic (exact) mass is 241 g/mol. The Morgan fingerprint density at radius 3 is 3.00 bits per heavy atom. The molecule has 1 aromatic rings. The molecule has 0 aromatic carbocycles. The lowest BCUT2D eigenvalue weighted by Crippen LogP contribution is -2.25. The van der Waals surface area contributed by atoms with Crippen molar-refractivity contribution in [2.24, 2.45) is 0 Å². The third kappa shape index (κ3) is 2.41. The Morgan fingerprint density at radius 1 is 1.69 bits per heavy atom. The van der Waals surface area contributed by atoms with Gasteiger partial charge in [-0.25, -0.2) is 4.79 Å². The van der Waals surface area contributed by atoms with Crippen LogP contribution in [0.15, 0.2) is 16.7 Å². The number of rotatable bonds is 6. The summed E-state index contributed by atoms with van der Waals surface area (Å²) in [5.41, 5.74) is 0.712. The molecule has 1 fully saturated rings. The van der Waals surface area contributed by atoms with Gasteiger partial charge in [-0.2, -0.15) is 11.8 Å². The lowest BCUT2D eigenvalue weighted by molar-refractivity contribution is 0.0660. The van der Waals surface area contributed by atoms with Crippen molar-refractivity contribution < 1.29 is 14.3 Å². The van der Waals surface area contributed by atoms with Crippen LogP contribution in [0.4, 0.5) is 0 Å². The second-order valence-electron chi connectivity index (χ2n) is 4.07. The Kier molecular flexibility index (Phi) is 3.25. The number of aromatic carboxylic acids is 1. The number of thioether (sulfide) groups is 1. The molecular formula is C11H15NO3S. The van der Waals surface area contributed by atoms with E-state index in [1.165, 1.54) is 19.1 Å². The molecule has 0 aliphatic heterocycles. The van der Waals surface area contributed by atoms with Gasteiger partial charge in [-0.1, -0.05) is 0 Å². The summed E-state index contributed by atoms with van der Waals surface area (Å²) in [4.78, 5) is 10.8. The molecule has 0 spiro atoms. The Balaban J connectivity index is 1.85. The Hall–Kier alpha value is -0.940. The van der Waals surface area contributed by atoms with Crippen molar-refractivity contribution in [3.63, 3.8) is 0 Å². The second-order valence-corrected chi connectivity index (χ2v) is 5.35. The predicted molar refractivity (Wildman–Crippen MR) is 62.9 cm³/mol. The molecule has 1 aliphatic carbocycles. The SMILES string of the molecule is CSC1(CNCc2ccoc2C(=O)O)CC1. The molecule has 1 saturated carbocycles. The van der Waals surface area contributed by atoms with Crippen molar-refractivity contribution in [1.29, 1.82) is 0 Å². The highest BCUT2D eigenvalue weighted by molar-refractivity contribution is 8.00. The van der Waals surface area contributed by atoms with Crippen molar-refractivity contribution >= 4 is 17.7 Å². The molecule has 88 valence electrons. The fraction of sp³-hybridized carbons (Fsp3) is 0.545. The summed E-state index contributed by atoms with van der Waals surface area (Å²) < 4.78 is 5.30. The number of furan rings is 1. The Labute approximate surface area is 98.4 Å². The van der Waals surface area contributed by atoms with Crippen LogP contribution in [0.1, 0.15) is 29.0 Å². The number of hydrogen-bond donors (Lipinski definition) is 2. The van der Waals surface area contributed by atoms with Crippen LogP contribution >= 0.6 is 11.8 Å². The number of carbonyl (C=O) groups is 1. The minimum atomic E-state index is -1.01. The molecule has 0 amide bonds. The van der Waals surface area contributed by atoms with Crippen LogP contribution in [0, 0.1) is 0 Å². The first kappa shape index (κ1) is 11.5. The highest BCUT2D eigenvalue weighted by Crippen LogP contribution is 2.46. The van der Waals surface area contributed by atoms with Gasteiger partial charge in [0.25, 0.3) is 0 Å². The lowest BCUT2D eigenvalue weighted by Gasteiger charge is -2.12. The molecular weight excluding hydrogens is 226 g/mol. The summed E-state index contributed by atoms with van der Waals surface area (Å²) in [6.07, 6.45) is 6.04. The predicted octanol–water partition coefficient (Wildman–Crippen LogP) is 1.96. The molecule has 2 N–H and O–H groups in total. The summed E-state index contributed by atoms with van der Waals surface area (Å²) in [5, 5.41) is 12.1. The quantitative estimate of drug-likeness (QED) is 0.797. The number of hydrogen-bond acceptors (Lipinski definition) is 4. The van der Waals surface area contributed by atoms with Gasteiger partial charge in [0.05, 0.1) is 6.26 Å². The van der Waals surface area contributed by atoms with Gasteiger partial charge in [0.2, 0.25) is 5.76 Å². The first-order valence-corrected chi connectivity index (χ1v) is 6.45. The number of carboxylic acid groups (broad SMARTS) is 1. The fourth-order valence-electron chi connectivity index (χ4n) is 1.68. The maximum Gasteiger partial charge on any atom is 0.372 e. The molecule has 5 heteroatoms. The van der Waals surface area contributed by atoms with Crippen LogP contribution in [-0.4, -0.2) is 28.6 Å². The van der Waals surface area contributed by atoms with E-state index >= 15 is 0 Å². The van der Waals surface area contributed by atoms with Crippen molar-refractivity contribution in [2.45, 2.75) is 24.1 Å². The zero-order valence-corrected chi connectivity index (χ0v) is 9.97. The highest BCUT2D eigenvalue weighted by atomic mass is 32.2. The van der Waals surface area contributed by atoms with Crippen molar-refractivity contribution in [2.75, 3.05) is 12.8 Å². The van der Waals surface area contributed by atoms with E-state index in [1.807, 2.05) is 11.8 Å². The van der Waals surface area contributed by atoms with E-state index in [4.69, 9.17) is 9.52 Å². The molecule has 1 aromatic heterocycles. The van der Waals surface area contributed by atoms with Gasteiger partial charge in [0.15, 0.2) is 0 Å². The first-order valence-electron chi connectivity index (χ1n) is 5.22. The van der Waals surface area contributed by atoms with E-state index in [0.717, 1.165) is 6.54 Å². The minimum absolute atomic E-state index is 0.0431. The van der Waals surface area contributed by atoms with Gasteiger partial charge in [-0.3, -0.25) is 0 Å². The standard InChI is InChI=1S/C11H15NO3S/c1-16-11(3-4-11)7-12-6-8-2-5-15-9(8)10(13)14/h2,5,12H,3-4,6-7H2,1H3,(H,13,14). The van der Waals surface area contributed by atoms with E-state index < -0.39 is 5.97 Å². The molecule has 1 aliphatic rings. The summed E-state index contributed by atoms with van der Waals surface area (Å²) in [6.45, 7) is 1.48. The molecule has 4 nitrogen and oxygen atoms in total. The molecule has 0 saturated heterocycles. The Bertz CT molecular complexity index is 384. The third-order valence-electron chi connectivity index (χ3n) is 2.94. The van der Waals surface area contributed by atoms with Gasteiger partial charge in [0.1, 0.15) is 0 Å². The third-order valence-corrected chi connectivity index (χ3v) is 4.36. The zero-order chi connectivity index (χ0) is 11.6. The summed E-state index contributed by atoms with van der Waals surface area (Å²) >= 11 is 1.88. The zero-order valence-electron chi connectivity index (χ0n) is 9.16. The van der Waals surface area contributed by atoms with E-state index in [2.05, 4.69) is 11.6 Å². The van der Waals surface area contributed by atoms with Gasteiger partial charge in [-0.05, 0) is 25.2 Å². The van der Waals surface area contributed by atoms with E-state index in [9.17, 15) is 4.79 Å². The maximum atomic E-state index is 10.8.